The lowest BCUT2D eigenvalue weighted by atomic mass is 9.94. The van der Waals surface area contributed by atoms with Crippen LogP contribution in [0.25, 0.3) is 6.08 Å². The SMILES string of the molecule is CCC/C=C/c1cnc(C(=O)Nc2ccc(F)c(C(C)(C)N)c2)cn1. The molecule has 2 aromatic rings. The molecule has 1 aromatic carbocycles. The third-order valence-corrected chi connectivity index (χ3v) is 3.57. The Morgan fingerprint density at radius 1 is 1.32 bits per heavy atom. The van der Waals surface area contributed by atoms with Gasteiger partial charge in [-0.15, -0.1) is 0 Å². The molecule has 3 N–H and O–H groups in total. The van der Waals surface area contributed by atoms with Crippen molar-refractivity contribution in [2.24, 2.45) is 5.73 Å². The summed E-state index contributed by atoms with van der Waals surface area (Å²) < 4.78 is 13.9. The van der Waals surface area contributed by atoms with Gasteiger partial charge >= 0.3 is 0 Å². The van der Waals surface area contributed by atoms with E-state index in [0.717, 1.165) is 12.8 Å². The molecule has 1 heterocycles. The second kappa shape index (κ2) is 7.98. The third kappa shape index (κ3) is 5.19. The molecule has 132 valence electrons. The van der Waals surface area contributed by atoms with Gasteiger partial charge in [-0.1, -0.05) is 19.4 Å². The number of anilines is 1. The van der Waals surface area contributed by atoms with Crippen molar-refractivity contribution < 1.29 is 9.18 Å². The van der Waals surface area contributed by atoms with Crippen LogP contribution in [0, 0.1) is 5.82 Å². The molecule has 0 bridgehead atoms. The van der Waals surface area contributed by atoms with Crippen LogP contribution >= 0.6 is 0 Å². The standard InChI is InChI=1S/C19H23FN4O/c1-4-5-6-7-14-11-23-17(12-22-14)18(25)24-13-8-9-16(20)15(10-13)19(2,3)21/h6-12H,4-5,21H2,1-3H3,(H,24,25)/b7-6+. The molecular weight excluding hydrogens is 319 g/mol. The number of benzene rings is 1. The first-order valence-corrected chi connectivity index (χ1v) is 8.20. The van der Waals surface area contributed by atoms with Crippen LogP contribution in [-0.2, 0) is 5.54 Å². The molecule has 0 saturated heterocycles. The Kier molecular flexibility index (Phi) is 5.98. The van der Waals surface area contributed by atoms with Crippen LogP contribution in [0.1, 0.15) is 55.4 Å². The van der Waals surface area contributed by atoms with Gasteiger partial charge in [-0.3, -0.25) is 9.78 Å². The van der Waals surface area contributed by atoms with E-state index in [0.29, 0.717) is 16.9 Å². The monoisotopic (exact) mass is 342 g/mol. The van der Waals surface area contributed by atoms with Crippen LogP contribution in [-0.4, -0.2) is 15.9 Å². The Bertz CT molecular complexity index is 764. The zero-order chi connectivity index (χ0) is 18.4. The predicted octanol–water partition coefficient (Wildman–Crippen LogP) is 3.88. The second-order valence-electron chi connectivity index (χ2n) is 6.39. The zero-order valence-electron chi connectivity index (χ0n) is 14.7. The van der Waals surface area contributed by atoms with E-state index in [1.807, 2.05) is 12.2 Å². The molecule has 0 spiro atoms. The minimum atomic E-state index is -0.850. The number of halogens is 1. The molecule has 0 aliphatic carbocycles. The van der Waals surface area contributed by atoms with Gasteiger partial charge in [-0.05, 0) is 44.5 Å². The second-order valence-corrected chi connectivity index (χ2v) is 6.39. The van der Waals surface area contributed by atoms with Gasteiger partial charge in [-0.2, -0.15) is 0 Å². The highest BCUT2D eigenvalue weighted by Gasteiger charge is 2.20. The quantitative estimate of drug-likeness (QED) is 0.835. The molecule has 25 heavy (non-hydrogen) atoms. The molecule has 6 heteroatoms. The number of rotatable bonds is 6. The number of carbonyl (C=O) groups excluding carboxylic acids is 1. The number of nitrogens with one attached hydrogen (secondary N) is 1. The van der Waals surface area contributed by atoms with Crippen LogP contribution < -0.4 is 11.1 Å². The molecule has 0 unspecified atom stereocenters. The highest BCUT2D eigenvalue weighted by molar-refractivity contribution is 6.02. The highest BCUT2D eigenvalue weighted by atomic mass is 19.1. The van der Waals surface area contributed by atoms with Crippen LogP contribution in [0.5, 0.6) is 0 Å². The van der Waals surface area contributed by atoms with E-state index in [9.17, 15) is 9.18 Å². The number of hydrogen-bond acceptors (Lipinski definition) is 4. The van der Waals surface area contributed by atoms with Crippen molar-refractivity contribution in [3.05, 3.63) is 59.4 Å². The van der Waals surface area contributed by atoms with E-state index in [1.54, 1.807) is 20.0 Å². The summed E-state index contributed by atoms with van der Waals surface area (Å²) in [6.45, 7) is 5.50. The smallest absolute Gasteiger partial charge is 0.275 e. The summed E-state index contributed by atoms with van der Waals surface area (Å²) in [6, 6.07) is 4.30. The molecule has 0 fully saturated rings. The summed E-state index contributed by atoms with van der Waals surface area (Å²) in [5.74, 6) is -0.822. The summed E-state index contributed by atoms with van der Waals surface area (Å²) in [7, 11) is 0. The molecule has 1 amide bonds. The van der Waals surface area contributed by atoms with Crippen molar-refractivity contribution in [2.75, 3.05) is 5.32 Å². The van der Waals surface area contributed by atoms with Gasteiger partial charge in [0.1, 0.15) is 11.5 Å². The molecule has 0 atom stereocenters. The van der Waals surface area contributed by atoms with E-state index in [4.69, 9.17) is 5.73 Å². The van der Waals surface area contributed by atoms with E-state index < -0.39 is 17.3 Å². The Morgan fingerprint density at radius 3 is 2.68 bits per heavy atom. The number of hydrogen-bond donors (Lipinski definition) is 2. The largest absolute Gasteiger partial charge is 0.322 e. The Morgan fingerprint density at radius 2 is 2.08 bits per heavy atom. The maximum absolute atomic E-state index is 13.9. The number of nitrogens with two attached hydrogens (primary N) is 1. The lowest BCUT2D eigenvalue weighted by molar-refractivity contribution is 0.102. The molecule has 5 nitrogen and oxygen atoms in total. The average Bonchev–Trinajstić information content (AvgIpc) is 2.56. The van der Waals surface area contributed by atoms with Crippen molar-refractivity contribution in [1.29, 1.82) is 0 Å². The first-order valence-electron chi connectivity index (χ1n) is 8.20. The maximum Gasteiger partial charge on any atom is 0.275 e. The molecule has 2 rings (SSSR count). The first kappa shape index (κ1) is 18.7. The fraction of sp³-hybridized carbons (Fsp3) is 0.316. The number of nitrogens with zero attached hydrogens (tertiary/aromatic N) is 2. The van der Waals surface area contributed by atoms with E-state index >= 15 is 0 Å². The lowest BCUT2D eigenvalue weighted by Gasteiger charge is -2.20. The molecule has 1 aromatic heterocycles. The average molecular weight is 342 g/mol. The van der Waals surface area contributed by atoms with Gasteiger partial charge < -0.3 is 11.1 Å². The Hall–Kier alpha value is -2.60. The summed E-state index contributed by atoms with van der Waals surface area (Å²) in [6.07, 6.45) is 8.86. The van der Waals surface area contributed by atoms with Crippen LogP contribution in [0.3, 0.4) is 0 Å². The first-order chi connectivity index (χ1) is 11.8. The minimum Gasteiger partial charge on any atom is -0.322 e. The number of amides is 1. The number of allylic oxidation sites excluding steroid dienone is 1. The van der Waals surface area contributed by atoms with Crippen molar-refractivity contribution in [2.45, 2.75) is 39.2 Å². The van der Waals surface area contributed by atoms with Crippen LogP contribution in [0.2, 0.25) is 0 Å². The lowest BCUT2D eigenvalue weighted by Crippen LogP contribution is -2.30. The van der Waals surface area contributed by atoms with Gasteiger partial charge in [-0.25, -0.2) is 9.37 Å². The van der Waals surface area contributed by atoms with Crippen LogP contribution in [0.15, 0.2) is 36.7 Å². The Labute approximate surface area is 147 Å². The van der Waals surface area contributed by atoms with E-state index in [-0.39, 0.29) is 5.69 Å². The van der Waals surface area contributed by atoms with Gasteiger partial charge in [0.2, 0.25) is 0 Å². The summed E-state index contributed by atoms with van der Waals surface area (Å²) >= 11 is 0. The number of carbonyl (C=O) groups is 1. The fourth-order valence-electron chi connectivity index (χ4n) is 2.20. The topological polar surface area (TPSA) is 80.9 Å². The van der Waals surface area contributed by atoms with Gasteiger partial charge in [0.05, 0.1) is 18.1 Å². The van der Waals surface area contributed by atoms with Crippen LogP contribution in [0.4, 0.5) is 10.1 Å². The fourth-order valence-corrected chi connectivity index (χ4v) is 2.20. The van der Waals surface area contributed by atoms with Crippen molar-refractivity contribution >= 4 is 17.7 Å². The molecule has 0 aliphatic heterocycles. The molecular formula is C19H23FN4O. The van der Waals surface area contributed by atoms with Gasteiger partial charge in [0, 0.05) is 16.8 Å². The van der Waals surface area contributed by atoms with Gasteiger partial charge in [0.15, 0.2) is 0 Å². The normalized spacial score (nSPS) is 11.7. The van der Waals surface area contributed by atoms with Crippen molar-refractivity contribution in [3.63, 3.8) is 0 Å². The third-order valence-electron chi connectivity index (χ3n) is 3.57. The van der Waals surface area contributed by atoms with Crippen molar-refractivity contribution in [1.82, 2.24) is 9.97 Å². The molecule has 0 radical (unpaired) electrons. The minimum absolute atomic E-state index is 0.186. The van der Waals surface area contributed by atoms with Crippen molar-refractivity contribution in [3.8, 4) is 0 Å². The van der Waals surface area contributed by atoms with E-state index in [2.05, 4.69) is 22.2 Å². The highest BCUT2D eigenvalue weighted by Crippen LogP contribution is 2.24. The summed E-state index contributed by atoms with van der Waals surface area (Å²) in [5, 5.41) is 2.69. The predicted molar refractivity (Wildman–Crippen MR) is 97.5 cm³/mol. The number of unbranched alkanes of at least 4 members (excludes halogenated alkanes) is 1. The Balaban J connectivity index is 2.12. The molecule has 0 saturated carbocycles. The molecule has 0 aliphatic rings. The van der Waals surface area contributed by atoms with Gasteiger partial charge in [0.25, 0.3) is 5.91 Å². The summed E-state index contributed by atoms with van der Waals surface area (Å²) in [4.78, 5) is 20.6. The summed E-state index contributed by atoms with van der Waals surface area (Å²) in [5.41, 5.74) is 6.76. The van der Waals surface area contributed by atoms with E-state index in [1.165, 1.54) is 24.4 Å². The maximum atomic E-state index is 13.9. The number of aromatic nitrogens is 2. The zero-order valence-corrected chi connectivity index (χ0v) is 14.7.